The fourth-order valence-electron chi connectivity index (χ4n) is 3.04. The van der Waals surface area contributed by atoms with Crippen molar-refractivity contribution in [3.63, 3.8) is 0 Å². The molecule has 2 N–H and O–H groups in total. The van der Waals surface area contributed by atoms with E-state index in [1.807, 2.05) is 24.1 Å². The number of halogens is 1. The number of aryl methyl sites for hydroxylation is 2. The number of fused-ring (bicyclic) bond motifs is 1. The van der Waals surface area contributed by atoms with E-state index >= 15 is 0 Å². The number of hydrogen-bond acceptors (Lipinski definition) is 2. The molecule has 3 aromatic rings. The molecule has 7 heteroatoms. The Morgan fingerprint density at radius 2 is 2.04 bits per heavy atom. The topological polar surface area (TPSA) is 59.2 Å². The van der Waals surface area contributed by atoms with Crippen LogP contribution in [0, 0.1) is 0 Å². The molecule has 3 rings (SSSR count). The van der Waals surface area contributed by atoms with E-state index in [1.165, 1.54) is 16.5 Å². The van der Waals surface area contributed by atoms with E-state index < -0.39 is 0 Å². The first-order chi connectivity index (χ1) is 12.8. The summed E-state index contributed by atoms with van der Waals surface area (Å²) in [6.07, 6.45) is 8.07. The molecule has 0 aliphatic carbocycles. The largest absolute Gasteiger partial charge is 0.357 e. The van der Waals surface area contributed by atoms with E-state index in [2.05, 4.69) is 68.7 Å². The van der Waals surface area contributed by atoms with Gasteiger partial charge in [-0.3, -0.25) is 9.67 Å². The Bertz CT molecular complexity index is 851. The molecule has 27 heavy (non-hydrogen) atoms. The molecule has 0 radical (unpaired) electrons. The van der Waals surface area contributed by atoms with Crippen molar-refractivity contribution in [3.8, 4) is 0 Å². The van der Waals surface area contributed by atoms with Crippen LogP contribution in [0.3, 0.4) is 0 Å². The van der Waals surface area contributed by atoms with Crippen LogP contribution in [-0.2, 0) is 20.0 Å². The maximum absolute atomic E-state index is 4.69. The maximum atomic E-state index is 4.69. The minimum Gasteiger partial charge on any atom is -0.357 e. The number of nitrogens with zero attached hydrogens (tertiary/aromatic N) is 4. The van der Waals surface area contributed by atoms with Crippen LogP contribution < -0.4 is 10.6 Å². The Labute approximate surface area is 178 Å². The average Bonchev–Trinajstić information content (AvgIpc) is 3.25. The van der Waals surface area contributed by atoms with Crippen molar-refractivity contribution in [1.29, 1.82) is 0 Å². The average molecular weight is 480 g/mol. The van der Waals surface area contributed by atoms with Crippen molar-refractivity contribution in [1.82, 2.24) is 25.0 Å². The molecule has 0 fully saturated rings. The summed E-state index contributed by atoms with van der Waals surface area (Å²) in [5, 5.41) is 12.2. The highest BCUT2D eigenvalue weighted by molar-refractivity contribution is 14.0. The molecule has 2 heterocycles. The fraction of sp³-hybridized carbons (Fsp3) is 0.400. The van der Waals surface area contributed by atoms with Crippen LogP contribution >= 0.6 is 24.0 Å². The van der Waals surface area contributed by atoms with Crippen LogP contribution in [0.15, 0.2) is 53.9 Å². The van der Waals surface area contributed by atoms with E-state index in [4.69, 9.17) is 0 Å². The van der Waals surface area contributed by atoms with Crippen LogP contribution in [0.5, 0.6) is 0 Å². The Hall–Kier alpha value is -2.03. The molecular weight excluding hydrogens is 451 g/mol. The summed E-state index contributed by atoms with van der Waals surface area (Å²) in [5.74, 6) is 0.883. The van der Waals surface area contributed by atoms with Gasteiger partial charge in [-0.2, -0.15) is 5.10 Å². The quantitative estimate of drug-likeness (QED) is 0.225. The molecule has 0 saturated heterocycles. The van der Waals surface area contributed by atoms with E-state index in [-0.39, 0.29) is 24.0 Å². The zero-order valence-corrected chi connectivity index (χ0v) is 18.4. The van der Waals surface area contributed by atoms with Crippen molar-refractivity contribution in [2.75, 3.05) is 19.6 Å². The molecule has 0 spiro atoms. The van der Waals surface area contributed by atoms with Gasteiger partial charge >= 0.3 is 0 Å². The number of nitrogens with one attached hydrogen (secondary N) is 2. The third kappa shape index (κ3) is 6.27. The van der Waals surface area contributed by atoms with Gasteiger partial charge in [0.1, 0.15) is 0 Å². The van der Waals surface area contributed by atoms with Gasteiger partial charge in [-0.1, -0.05) is 18.2 Å². The number of rotatable bonds is 8. The van der Waals surface area contributed by atoms with Gasteiger partial charge in [-0.25, -0.2) is 0 Å². The Balaban J connectivity index is 0.00000261. The summed E-state index contributed by atoms with van der Waals surface area (Å²) in [4.78, 5) is 4.69. The number of aromatic nitrogens is 3. The predicted octanol–water partition coefficient (Wildman–Crippen LogP) is 3.18. The SMILES string of the molecule is CCNC(=NCCCn1ccc2ccccc21)NCCc1cnn(C)c1.I. The maximum Gasteiger partial charge on any atom is 0.191 e. The first-order valence-electron chi connectivity index (χ1n) is 9.30. The molecule has 0 aliphatic heterocycles. The van der Waals surface area contributed by atoms with Gasteiger partial charge in [-0.15, -0.1) is 24.0 Å². The third-order valence-electron chi connectivity index (χ3n) is 4.32. The zero-order chi connectivity index (χ0) is 18.2. The Morgan fingerprint density at radius 3 is 2.81 bits per heavy atom. The summed E-state index contributed by atoms with van der Waals surface area (Å²) in [7, 11) is 1.94. The van der Waals surface area contributed by atoms with Gasteiger partial charge < -0.3 is 15.2 Å². The molecule has 0 amide bonds. The molecule has 0 atom stereocenters. The van der Waals surface area contributed by atoms with Gasteiger partial charge in [0.25, 0.3) is 0 Å². The van der Waals surface area contributed by atoms with Crippen molar-refractivity contribution in [2.24, 2.45) is 12.0 Å². The van der Waals surface area contributed by atoms with Crippen molar-refractivity contribution in [2.45, 2.75) is 26.3 Å². The Kier molecular flexibility index (Phi) is 8.63. The normalized spacial score (nSPS) is 11.4. The molecule has 1 aromatic carbocycles. The second kappa shape index (κ2) is 11.0. The van der Waals surface area contributed by atoms with E-state index in [9.17, 15) is 0 Å². The summed E-state index contributed by atoms with van der Waals surface area (Å²) < 4.78 is 4.13. The summed E-state index contributed by atoms with van der Waals surface area (Å²) in [6, 6.07) is 10.7. The highest BCUT2D eigenvalue weighted by Gasteiger charge is 2.01. The van der Waals surface area contributed by atoms with E-state index in [1.54, 1.807) is 0 Å². The summed E-state index contributed by atoms with van der Waals surface area (Å²) in [6.45, 7) is 5.58. The lowest BCUT2D eigenvalue weighted by atomic mass is 10.2. The number of para-hydroxylation sites is 1. The third-order valence-corrected chi connectivity index (χ3v) is 4.32. The molecule has 6 nitrogen and oxygen atoms in total. The van der Waals surface area contributed by atoms with Gasteiger partial charge in [-0.05, 0) is 42.8 Å². The van der Waals surface area contributed by atoms with Crippen LogP contribution in [0.4, 0.5) is 0 Å². The van der Waals surface area contributed by atoms with Crippen molar-refractivity contribution >= 4 is 40.8 Å². The standard InChI is InChI=1S/C20H28N6.HI/c1-3-21-20(23-12-9-17-15-24-25(2)16-17)22-11-6-13-26-14-10-18-7-4-5-8-19(18)26;/h4-5,7-8,10,14-16H,3,6,9,11-13H2,1-2H3,(H2,21,22,23);1H. The predicted molar refractivity (Wildman–Crippen MR) is 123 cm³/mol. The smallest absolute Gasteiger partial charge is 0.191 e. The first kappa shape index (κ1) is 21.3. The lowest BCUT2D eigenvalue weighted by Gasteiger charge is -2.11. The van der Waals surface area contributed by atoms with Gasteiger partial charge in [0.15, 0.2) is 5.96 Å². The van der Waals surface area contributed by atoms with Crippen molar-refractivity contribution < 1.29 is 0 Å². The highest BCUT2D eigenvalue weighted by Crippen LogP contribution is 2.15. The fourth-order valence-corrected chi connectivity index (χ4v) is 3.04. The molecular formula is C20H29IN6. The first-order valence-corrected chi connectivity index (χ1v) is 9.30. The molecule has 2 aromatic heterocycles. The summed E-state index contributed by atoms with van der Waals surface area (Å²) in [5.41, 5.74) is 2.52. The van der Waals surface area contributed by atoms with Gasteiger partial charge in [0, 0.05) is 51.1 Å². The second-order valence-corrected chi connectivity index (χ2v) is 6.38. The van der Waals surface area contributed by atoms with E-state index in [0.717, 1.165) is 45.0 Å². The minimum atomic E-state index is 0. The number of hydrogen-bond donors (Lipinski definition) is 2. The molecule has 0 aliphatic rings. The number of benzene rings is 1. The minimum absolute atomic E-state index is 0. The number of aliphatic imine (C=N–C) groups is 1. The van der Waals surface area contributed by atoms with Gasteiger partial charge in [0.2, 0.25) is 0 Å². The molecule has 0 unspecified atom stereocenters. The monoisotopic (exact) mass is 480 g/mol. The van der Waals surface area contributed by atoms with Crippen LogP contribution in [0.1, 0.15) is 18.9 Å². The Morgan fingerprint density at radius 1 is 1.19 bits per heavy atom. The molecule has 0 bridgehead atoms. The van der Waals surface area contributed by atoms with E-state index in [0.29, 0.717) is 0 Å². The number of guanidine groups is 1. The highest BCUT2D eigenvalue weighted by atomic mass is 127. The van der Waals surface area contributed by atoms with Gasteiger partial charge in [0.05, 0.1) is 6.20 Å². The van der Waals surface area contributed by atoms with Crippen LogP contribution in [0.25, 0.3) is 10.9 Å². The summed E-state index contributed by atoms with van der Waals surface area (Å²) >= 11 is 0. The van der Waals surface area contributed by atoms with Crippen molar-refractivity contribution in [3.05, 3.63) is 54.5 Å². The molecule has 146 valence electrons. The lowest BCUT2D eigenvalue weighted by Crippen LogP contribution is -2.38. The van der Waals surface area contributed by atoms with Crippen LogP contribution in [0.2, 0.25) is 0 Å². The zero-order valence-electron chi connectivity index (χ0n) is 16.1. The second-order valence-electron chi connectivity index (χ2n) is 6.38. The van der Waals surface area contributed by atoms with Crippen LogP contribution in [-0.4, -0.2) is 39.9 Å². The lowest BCUT2D eigenvalue weighted by molar-refractivity contribution is 0.666. The molecule has 0 saturated carbocycles.